The van der Waals surface area contributed by atoms with Gasteiger partial charge in [-0.1, -0.05) is 42.3 Å². The van der Waals surface area contributed by atoms with Gasteiger partial charge in [-0.25, -0.2) is 0 Å². The van der Waals surface area contributed by atoms with Gasteiger partial charge in [0.2, 0.25) is 0 Å². The Labute approximate surface area is 145 Å². The van der Waals surface area contributed by atoms with Crippen LogP contribution in [0, 0.1) is 0 Å². The summed E-state index contributed by atoms with van der Waals surface area (Å²) in [6.45, 7) is 0. The fraction of sp³-hybridized carbons (Fsp3) is 0.0667. The third-order valence-electron chi connectivity index (χ3n) is 2.50. The van der Waals surface area contributed by atoms with Crippen LogP contribution in [0.15, 0.2) is 48.4 Å². The molecule has 2 rings (SSSR count). The maximum absolute atomic E-state index is 12.7. The zero-order valence-corrected chi connectivity index (χ0v) is 12.7. The Balaban J connectivity index is 0.00000312. The van der Waals surface area contributed by atoms with Crippen LogP contribution in [0.1, 0.15) is 28.3 Å². The minimum atomic E-state index is -1.38. The van der Waals surface area contributed by atoms with E-state index >= 15 is 0 Å². The first-order chi connectivity index (χ1) is 11.2. The Kier molecular flexibility index (Phi) is 3.68. The van der Waals surface area contributed by atoms with Gasteiger partial charge < -0.3 is 15.6 Å². The van der Waals surface area contributed by atoms with Gasteiger partial charge >= 0.3 is 29.6 Å². The SMILES string of the molecule is [2H]c1c([2H])c([2H])c(C(=O)c2cccc(CC(=O)[O-])c2N)c([2H])c1[2H].[Na+]. The molecule has 0 heterocycles. The van der Waals surface area contributed by atoms with E-state index in [9.17, 15) is 14.7 Å². The minimum absolute atomic E-state index is 0. The number of para-hydroxylation sites is 1. The zero-order valence-electron chi connectivity index (χ0n) is 15.7. The van der Waals surface area contributed by atoms with Crippen molar-refractivity contribution in [3.05, 3.63) is 65.1 Å². The summed E-state index contributed by atoms with van der Waals surface area (Å²) in [6, 6.07) is 0.942. The van der Waals surface area contributed by atoms with Crippen LogP contribution in [-0.2, 0) is 11.2 Å². The van der Waals surface area contributed by atoms with Crippen molar-refractivity contribution in [2.45, 2.75) is 6.42 Å². The number of carbonyl (C=O) groups is 2. The molecular weight excluding hydrogens is 265 g/mol. The second kappa shape index (κ2) is 7.24. The number of rotatable bonds is 4. The second-order valence-electron chi connectivity index (χ2n) is 3.76. The van der Waals surface area contributed by atoms with E-state index in [1.807, 2.05) is 0 Å². The number of ketones is 1. The summed E-state index contributed by atoms with van der Waals surface area (Å²) in [5.41, 5.74) is 5.18. The molecule has 0 radical (unpaired) electrons. The summed E-state index contributed by atoms with van der Waals surface area (Å²) in [5.74, 6) is -2.25. The molecule has 0 aliphatic heterocycles. The molecule has 0 unspecified atom stereocenters. The number of nitrogens with two attached hydrogens (primary N) is 1. The average Bonchev–Trinajstić information content (AvgIpc) is 2.52. The van der Waals surface area contributed by atoms with Crippen molar-refractivity contribution in [3.63, 3.8) is 0 Å². The second-order valence-corrected chi connectivity index (χ2v) is 3.76. The normalized spacial score (nSPS) is 13.1. The number of carboxylic acids is 1. The van der Waals surface area contributed by atoms with Crippen LogP contribution in [0.4, 0.5) is 5.69 Å². The molecule has 0 aliphatic carbocycles. The average molecular weight is 282 g/mol. The van der Waals surface area contributed by atoms with Crippen LogP contribution in [0.2, 0.25) is 0 Å². The maximum atomic E-state index is 12.7. The Morgan fingerprint density at radius 2 is 1.85 bits per heavy atom. The van der Waals surface area contributed by atoms with Gasteiger partial charge in [-0.15, -0.1) is 0 Å². The summed E-state index contributed by atoms with van der Waals surface area (Å²) in [7, 11) is 0. The van der Waals surface area contributed by atoms with Gasteiger partial charge in [-0.2, -0.15) is 0 Å². The molecule has 0 fully saturated rings. The van der Waals surface area contributed by atoms with E-state index in [0.29, 0.717) is 0 Å². The maximum Gasteiger partial charge on any atom is 1.00 e. The summed E-state index contributed by atoms with van der Waals surface area (Å²) >= 11 is 0. The van der Waals surface area contributed by atoms with Crippen molar-refractivity contribution in [1.82, 2.24) is 0 Å². The number of anilines is 1. The van der Waals surface area contributed by atoms with Crippen LogP contribution < -0.4 is 40.4 Å². The number of carbonyl (C=O) groups excluding carboxylic acids is 2. The van der Waals surface area contributed by atoms with Crippen LogP contribution in [-0.4, -0.2) is 11.8 Å². The monoisotopic (exact) mass is 282 g/mol. The Bertz CT molecular complexity index is 844. The van der Waals surface area contributed by atoms with E-state index in [0.717, 1.165) is 0 Å². The van der Waals surface area contributed by atoms with E-state index < -0.39 is 53.9 Å². The molecule has 2 aromatic rings. The first-order valence-electron chi connectivity index (χ1n) is 7.85. The molecule has 0 amide bonds. The molecule has 5 heteroatoms. The fourth-order valence-electron chi connectivity index (χ4n) is 1.62. The van der Waals surface area contributed by atoms with E-state index in [4.69, 9.17) is 12.6 Å². The van der Waals surface area contributed by atoms with Crippen molar-refractivity contribution in [2.75, 3.05) is 5.73 Å². The van der Waals surface area contributed by atoms with Gasteiger partial charge in [-0.05, 0) is 11.6 Å². The largest absolute Gasteiger partial charge is 1.00 e. The zero-order chi connectivity index (χ0) is 18.2. The minimum Gasteiger partial charge on any atom is -0.550 e. The molecule has 0 aliphatic rings. The van der Waals surface area contributed by atoms with E-state index in [1.165, 1.54) is 18.2 Å². The van der Waals surface area contributed by atoms with Gasteiger partial charge in [0.25, 0.3) is 0 Å². The van der Waals surface area contributed by atoms with Crippen molar-refractivity contribution in [2.24, 2.45) is 0 Å². The van der Waals surface area contributed by atoms with Gasteiger partial charge in [0.15, 0.2) is 5.78 Å². The number of carboxylic acid groups (broad SMARTS) is 1. The molecule has 0 atom stereocenters. The number of hydrogen-bond acceptors (Lipinski definition) is 4. The third kappa shape index (κ3) is 3.70. The topological polar surface area (TPSA) is 83.2 Å². The van der Waals surface area contributed by atoms with Crippen LogP contribution in [0.5, 0.6) is 0 Å². The Morgan fingerprint density at radius 1 is 1.20 bits per heavy atom. The van der Waals surface area contributed by atoms with Gasteiger partial charge in [0.1, 0.15) is 0 Å². The predicted octanol–water partition coefficient (Wildman–Crippen LogP) is -2.20. The molecule has 0 bridgehead atoms. The number of hydrogen-bond donors (Lipinski definition) is 1. The molecule has 0 saturated heterocycles. The molecule has 2 aromatic carbocycles. The summed E-state index contributed by atoms with van der Waals surface area (Å²) in [5, 5.41) is 10.7. The Morgan fingerprint density at radius 3 is 2.45 bits per heavy atom. The molecule has 0 aromatic heterocycles. The van der Waals surface area contributed by atoms with E-state index in [-0.39, 0.29) is 46.4 Å². The quantitative estimate of drug-likeness (QED) is 0.392. The molecule has 0 spiro atoms. The molecule has 20 heavy (non-hydrogen) atoms. The van der Waals surface area contributed by atoms with E-state index in [2.05, 4.69) is 0 Å². The van der Waals surface area contributed by atoms with Crippen molar-refractivity contribution >= 4 is 17.4 Å². The molecule has 96 valence electrons. The fourth-order valence-corrected chi connectivity index (χ4v) is 1.62. The smallest absolute Gasteiger partial charge is 0.550 e. The van der Waals surface area contributed by atoms with Crippen LogP contribution in [0.25, 0.3) is 0 Å². The van der Waals surface area contributed by atoms with Gasteiger partial charge in [0.05, 0.1) is 6.85 Å². The van der Waals surface area contributed by atoms with Crippen molar-refractivity contribution < 1.29 is 51.1 Å². The van der Waals surface area contributed by atoms with Gasteiger partial charge in [0, 0.05) is 29.2 Å². The molecule has 4 nitrogen and oxygen atoms in total. The summed E-state index contributed by atoms with van der Waals surface area (Å²) in [6.07, 6.45) is -0.506. The first kappa shape index (κ1) is 10.2. The van der Waals surface area contributed by atoms with Crippen LogP contribution >= 0.6 is 0 Å². The first-order valence-corrected chi connectivity index (χ1v) is 5.35. The van der Waals surface area contributed by atoms with Gasteiger partial charge in [-0.3, -0.25) is 4.79 Å². The summed E-state index contributed by atoms with van der Waals surface area (Å²) < 4.78 is 38.4. The molecule has 2 N–H and O–H groups in total. The van der Waals surface area contributed by atoms with Crippen molar-refractivity contribution in [3.8, 4) is 0 Å². The van der Waals surface area contributed by atoms with Crippen LogP contribution in [0.3, 0.4) is 0 Å². The molecule has 0 saturated carbocycles. The third-order valence-corrected chi connectivity index (χ3v) is 2.50. The number of nitrogen functional groups attached to an aromatic ring is 1. The Hall–Kier alpha value is -1.62. The van der Waals surface area contributed by atoms with E-state index in [1.54, 1.807) is 0 Å². The number of benzene rings is 2. The predicted molar refractivity (Wildman–Crippen MR) is 69.4 cm³/mol. The summed E-state index contributed by atoms with van der Waals surface area (Å²) in [4.78, 5) is 23.4. The van der Waals surface area contributed by atoms with Crippen molar-refractivity contribution in [1.29, 1.82) is 0 Å². The molecular formula is C15H12NNaO3. The standard InChI is InChI=1S/C15H13NO3.Na/c16-14-11(9-13(17)18)7-4-8-12(14)15(19)10-5-2-1-3-6-10;/h1-8H,9,16H2,(H,17,18);/q;+1/p-1/i1D,2D,3D,5D,6D;. The number of aliphatic carboxylic acids is 1.